The summed E-state index contributed by atoms with van der Waals surface area (Å²) < 4.78 is 0. The molecule has 0 spiro atoms. The van der Waals surface area contributed by atoms with Gasteiger partial charge < -0.3 is 10.4 Å². The number of nitrogens with one attached hydrogen (secondary N) is 1. The van der Waals surface area contributed by atoms with Crippen molar-refractivity contribution >= 4 is 11.8 Å². The summed E-state index contributed by atoms with van der Waals surface area (Å²) in [6.45, 7) is 2.21. The van der Waals surface area contributed by atoms with E-state index in [4.69, 9.17) is 5.11 Å². The summed E-state index contributed by atoms with van der Waals surface area (Å²) >= 11 is 0. The average Bonchev–Trinajstić information content (AvgIpc) is 2.39. The van der Waals surface area contributed by atoms with Gasteiger partial charge in [-0.1, -0.05) is 26.2 Å². The van der Waals surface area contributed by atoms with Crippen molar-refractivity contribution in [3.8, 4) is 0 Å². The molecule has 0 radical (unpaired) electrons. The number of anilines is 1. The zero-order chi connectivity index (χ0) is 13.0. The highest BCUT2D eigenvalue weighted by atomic mass is 16.4. The van der Waals surface area contributed by atoms with E-state index in [-0.39, 0.29) is 5.56 Å². The van der Waals surface area contributed by atoms with E-state index in [0.29, 0.717) is 17.8 Å². The third-order valence-corrected chi connectivity index (χ3v) is 3.77. The molecule has 1 saturated carbocycles. The van der Waals surface area contributed by atoms with Gasteiger partial charge in [0.1, 0.15) is 5.82 Å². The lowest BCUT2D eigenvalue weighted by Crippen LogP contribution is -2.32. The van der Waals surface area contributed by atoms with Gasteiger partial charge in [-0.05, 0) is 30.9 Å². The number of hydrogen-bond donors (Lipinski definition) is 2. The van der Waals surface area contributed by atoms with Crippen LogP contribution in [0, 0.1) is 5.92 Å². The van der Waals surface area contributed by atoms with Crippen molar-refractivity contribution < 1.29 is 9.90 Å². The Morgan fingerprint density at radius 1 is 1.50 bits per heavy atom. The SMILES string of the molecule is CCC1CCCCC1Nc1cc(C(=O)O)ccn1. The Bertz CT molecular complexity index is 420. The summed E-state index contributed by atoms with van der Waals surface area (Å²) in [6, 6.07) is 3.57. The number of aromatic carboxylic acids is 1. The molecule has 1 aromatic rings. The lowest BCUT2D eigenvalue weighted by Gasteiger charge is -2.31. The van der Waals surface area contributed by atoms with E-state index < -0.39 is 5.97 Å². The molecule has 18 heavy (non-hydrogen) atoms. The van der Waals surface area contributed by atoms with Crippen LogP contribution >= 0.6 is 0 Å². The monoisotopic (exact) mass is 248 g/mol. The summed E-state index contributed by atoms with van der Waals surface area (Å²) in [5.41, 5.74) is 0.288. The van der Waals surface area contributed by atoms with Crippen molar-refractivity contribution in [2.45, 2.75) is 45.1 Å². The maximum atomic E-state index is 10.9. The molecule has 1 aliphatic carbocycles. The standard InChI is InChI=1S/C14H20N2O2/c1-2-10-5-3-4-6-12(10)16-13-9-11(14(17)18)7-8-15-13/h7-10,12H,2-6H2,1H3,(H,15,16)(H,17,18). The van der Waals surface area contributed by atoms with Crippen molar-refractivity contribution in [2.75, 3.05) is 5.32 Å². The quantitative estimate of drug-likeness (QED) is 0.859. The first-order valence-electron chi connectivity index (χ1n) is 6.66. The van der Waals surface area contributed by atoms with E-state index in [9.17, 15) is 4.79 Å². The van der Waals surface area contributed by atoms with Crippen LogP contribution in [0.25, 0.3) is 0 Å². The molecule has 1 aliphatic rings. The molecule has 0 saturated heterocycles. The highest BCUT2D eigenvalue weighted by Gasteiger charge is 2.23. The Balaban J connectivity index is 2.07. The average molecular weight is 248 g/mol. The van der Waals surface area contributed by atoms with Gasteiger partial charge in [-0.25, -0.2) is 9.78 Å². The fraction of sp³-hybridized carbons (Fsp3) is 0.571. The van der Waals surface area contributed by atoms with Crippen molar-refractivity contribution in [1.29, 1.82) is 0 Å². The van der Waals surface area contributed by atoms with Crippen molar-refractivity contribution in [2.24, 2.45) is 5.92 Å². The van der Waals surface area contributed by atoms with Crippen LogP contribution in [0.1, 0.15) is 49.4 Å². The zero-order valence-electron chi connectivity index (χ0n) is 10.7. The van der Waals surface area contributed by atoms with Gasteiger partial charge in [0.05, 0.1) is 5.56 Å². The zero-order valence-corrected chi connectivity index (χ0v) is 10.7. The van der Waals surface area contributed by atoms with Gasteiger partial charge in [-0.15, -0.1) is 0 Å². The number of carboxylic acids is 1. The Morgan fingerprint density at radius 2 is 2.28 bits per heavy atom. The van der Waals surface area contributed by atoms with Gasteiger partial charge in [-0.2, -0.15) is 0 Å². The Kier molecular flexibility index (Phi) is 4.18. The number of aromatic nitrogens is 1. The summed E-state index contributed by atoms with van der Waals surface area (Å²) in [7, 11) is 0. The Morgan fingerprint density at radius 3 is 3.00 bits per heavy atom. The first-order valence-corrected chi connectivity index (χ1v) is 6.66. The molecular weight excluding hydrogens is 228 g/mol. The lowest BCUT2D eigenvalue weighted by atomic mass is 9.83. The normalized spacial score (nSPS) is 23.6. The van der Waals surface area contributed by atoms with E-state index in [1.54, 1.807) is 12.3 Å². The smallest absolute Gasteiger partial charge is 0.335 e. The van der Waals surface area contributed by atoms with Crippen LogP contribution in [0.4, 0.5) is 5.82 Å². The molecule has 2 rings (SSSR count). The second kappa shape index (κ2) is 5.85. The molecule has 4 heteroatoms. The topological polar surface area (TPSA) is 62.2 Å². The minimum atomic E-state index is -0.906. The van der Waals surface area contributed by atoms with Crippen LogP contribution in [0.2, 0.25) is 0 Å². The van der Waals surface area contributed by atoms with Gasteiger partial charge in [0.2, 0.25) is 0 Å². The molecular formula is C14H20N2O2. The lowest BCUT2D eigenvalue weighted by molar-refractivity contribution is 0.0697. The molecule has 0 bridgehead atoms. The minimum absolute atomic E-state index is 0.288. The van der Waals surface area contributed by atoms with Crippen molar-refractivity contribution in [3.05, 3.63) is 23.9 Å². The van der Waals surface area contributed by atoms with Crippen molar-refractivity contribution in [1.82, 2.24) is 4.98 Å². The highest BCUT2D eigenvalue weighted by Crippen LogP contribution is 2.29. The molecule has 98 valence electrons. The molecule has 2 atom stereocenters. The molecule has 1 heterocycles. The molecule has 1 fully saturated rings. The largest absolute Gasteiger partial charge is 0.478 e. The first-order chi connectivity index (χ1) is 8.70. The van der Waals surface area contributed by atoms with Crippen LogP contribution in [-0.2, 0) is 0 Å². The number of hydrogen-bond acceptors (Lipinski definition) is 3. The van der Waals surface area contributed by atoms with E-state index in [1.807, 2.05) is 0 Å². The number of carbonyl (C=O) groups is 1. The fourth-order valence-corrected chi connectivity index (χ4v) is 2.72. The summed E-state index contributed by atoms with van der Waals surface area (Å²) in [5.74, 6) is 0.449. The van der Waals surface area contributed by atoms with E-state index in [0.717, 1.165) is 12.8 Å². The third-order valence-electron chi connectivity index (χ3n) is 3.77. The summed E-state index contributed by atoms with van der Waals surface area (Å²) in [4.78, 5) is 15.1. The Labute approximate surface area is 107 Å². The van der Waals surface area contributed by atoms with Gasteiger partial charge in [0.25, 0.3) is 0 Å². The van der Waals surface area contributed by atoms with E-state index >= 15 is 0 Å². The fourth-order valence-electron chi connectivity index (χ4n) is 2.72. The second-order valence-corrected chi connectivity index (χ2v) is 4.94. The molecule has 0 aliphatic heterocycles. The second-order valence-electron chi connectivity index (χ2n) is 4.94. The summed E-state index contributed by atoms with van der Waals surface area (Å²) in [6.07, 6.45) is 7.67. The van der Waals surface area contributed by atoms with Crippen LogP contribution in [0.15, 0.2) is 18.3 Å². The minimum Gasteiger partial charge on any atom is -0.478 e. The van der Waals surface area contributed by atoms with Crippen molar-refractivity contribution in [3.63, 3.8) is 0 Å². The number of nitrogens with zero attached hydrogens (tertiary/aromatic N) is 1. The summed E-state index contributed by atoms with van der Waals surface area (Å²) in [5, 5.41) is 12.4. The van der Waals surface area contributed by atoms with Crippen LogP contribution in [0.3, 0.4) is 0 Å². The molecule has 0 aromatic carbocycles. The maximum absolute atomic E-state index is 10.9. The van der Waals surface area contributed by atoms with E-state index in [2.05, 4.69) is 17.2 Å². The van der Waals surface area contributed by atoms with E-state index in [1.165, 1.54) is 25.3 Å². The molecule has 2 unspecified atom stereocenters. The van der Waals surface area contributed by atoms with Gasteiger partial charge >= 0.3 is 5.97 Å². The number of rotatable bonds is 4. The molecule has 1 aromatic heterocycles. The first kappa shape index (κ1) is 12.9. The van der Waals surface area contributed by atoms with Gasteiger partial charge in [0, 0.05) is 12.2 Å². The van der Waals surface area contributed by atoms with Crippen LogP contribution < -0.4 is 5.32 Å². The molecule has 2 N–H and O–H groups in total. The van der Waals surface area contributed by atoms with Gasteiger partial charge in [0.15, 0.2) is 0 Å². The van der Waals surface area contributed by atoms with Gasteiger partial charge in [-0.3, -0.25) is 0 Å². The predicted molar refractivity (Wildman–Crippen MR) is 70.9 cm³/mol. The number of carboxylic acid groups (broad SMARTS) is 1. The predicted octanol–water partition coefficient (Wildman–Crippen LogP) is 3.16. The number of pyridine rings is 1. The molecule has 0 amide bonds. The molecule has 4 nitrogen and oxygen atoms in total. The Hall–Kier alpha value is -1.58. The van der Waals surface area contributed by atoms with Crippen LogP contribution in [0.5, 0.6) is 0 Å². The third kappa shape index (κ3) is 3.00. The highest BCUT2D eigenvalue weighted by molar-refractivity contribution is 5.88. The van der Waals surface area contributed by atoms with Crippen LogP contribution in [-0.4, -0.2) is 22.1 Å². The maximum Gasteiger partial charge on any atom is 0.335 e.